The predicted octanol–water partition coefficient (Wildman–Crippen LogP) is 2.89. The van der Waals surface area contributed by atoms with E-state index in [1.54, 1.807) is 6.20 Å². The van der Waals surface area contributed by atoms with E-state index in [0.717, 1.165) is 5.82 Å². The first kappa shape index (κ1) is 13.6. The second-order valence-corrected chi connectivity index (χ2v) is 5.07. The summed E-state index contributed by atoms with van der Waals surface area (Å²) in [4.78, 5) is 9.52. The molecule has 4 heteroatoms. The minimum Gasteiger partial charge on any atom is -0.378 e. The highest BCUT2D eigenvalue weighted by atomic mass is 15.1. The van der Waals surface area contributed by atoms with E-state index >= 15 is 0 Å². The summed E-state index contributed by atoms with van der Waals surface area (Å²) in [5.41, 5.74) is 2.50. The van der Waals surface area contributed by atoms with Crippen LogP contribution in [0.15, 0.2) is 36.7 Å². The lowest BCUT2D eigenvalue weighted by Gasteiger charge is -2.20. The Labute approximate surface area is 114 Å². The minimum absolute atomic E-state index is 0.207. The van der Waals surface area contributed by atoms with Crippen molar-refractivity contribution >= 4 is 5.69 Å². The van der Waals surface area contributed by atoms with Crippen molar-refractivity contribution in [1.82, 2.24) is 15.3 Å². The van der Waals surface area contributed by atoms with Crippen LogP contribution in [-0.4, -0.2) is 24.1 Å². The Kier molecular flexibility index (Phi) is 4.22. The Balaban J connectivity index is 2.01. The molecule has 0 bridgehead atoms. The van der Waals surface area contributed by atoms with Gasteiger partial charge in [-0.15, -0.1) is 0 Å². The third-order valence-electron chi connectivity index (χ3n) is 3.34. The van der Waals surface area contributed by atoms with E-state index in [4.69, 9.17) is 0 Å². The summed E-state index contributed by atoms with van der Waals surface area (Å²) >= 11 is 0. The molecule has 0 aliphatic carbocycles. The molecule has 4 nitrogen and oxygen atoms in total. The minimum atomic E-state index is 0.207. The van der Waals surface area contributed by atoms with Gasteiger partial charge >= 0.3 is 0 Å². The van der Waals surface area contributed by atoms with Gasteiger partial charge in [0.25, 0.3) is 0 Å². The van der Waals surface area contributed by atoms with Crippen molar-refractivity contribution in [3.8, 4) is 0 Å². The fourth-order valence-corrected chi connectivity index (χ4v) is 2.13. The Morgan fingerprint density at radius 1 is 1.11 bits per heavy atom. The molecule has 0 saturated heterocycles. The van der Waals surface area contributed by atoms with Gasteiger partial charge in [0.05, 0.1) is 6.04 Å². The average molecular weight is 258 g/mol. The van der Waals surface area contributed by atoms with Crippen molar-refractivity contribution in [3.05, 3.63) is 48.0 Å². The number of hydrogen-bond donors (Lipinski definition) is 2. The van der Waals surface area contributed by atoms with E-state index in [1.807, 2.05) is 6.20 Å². The fourth-order valence-electron chi connectivity index (χ4n) is 2.13. The topological polar surface area (TPSA) is 44.0 Å². The number of nitrogens with one attached hydrogen (secondary N) is 2. The van der Waals surface area contributed by atoms with E-state index in [2.05, 4.69) is 72.4 Å². The van der Waals surface area contributed by atoms with Gasteiger partial charge in [0.2, 0.25) is 0 Å². The zero-order chi connectivity index (χ0) is 13.8. The van der Waals surface area contributed by atoms with Crippen molar-refractivity contribution in [2.75, 3.05) is 19.0 Å². The van der Waals surface area contributed by atoms with Crippen LogP contribution in [0.5, 0.6) is 0 Å². The monoisotopic (exact) mass is 258 g/mol. The summed E-state index contributed by atoms with van der Waals surface area (Å²) in [5, 5.41) is 3.54. The molecule has 2 unspecified atom stereocenters. The normalized spacial score (nSPS) is 14.1. The molecule has 0 aliphatic heterocycles. The molecule has 0 radical (unpaired) electrons. The van der Waals surface area contributed by atoms with Crippen LogP contribution in [0.4, 0.5) is 5.69 Å². The number of anilines is 1. The van der Waals surface area contributed by atoms with Crippen LogP contribution in [0.25, 0.3) is 0 Å². The number of nitrogens with zero attached hydrogens (tertiary/aromatic N) is 2. The van der Waals surface area contributed by atoms with Crippen molar-refractivity contribution < 1.29 is 0 Å². The number of H-pyrrole nitrogens is 1. The number of imidazole rings is 1. The highest BCUT2D eigenvalue weighted by Gasteiger charge is 2.12. The molecule has 2 aromatic rings. The molecule has 0 saturated carbocycles. The lowest BCUT2D eigenvalue weighted by molar-refractivity contribution is 0.479. The summed E-state index contributed by atoms with van der Waals surface area (Å²) in [6.45, 7) is 4.29. The lowest BCUT2D eigenvalue weighted by Crippen LogP contribution is -2.23. The first-order valence-electron chi connectivity index (χ1n) is 6.60. The van der Waals surface area contributed by atoms with Gasteiger partial charge in [-0.3, -0.25) is 0 Å². The molecule has 1 aromatic carbocycles. The van der Waals surface area contributed by atoms with Gasteiger partial charge in [0, 0.05) is 38.2 Å². The number of benzene rings is 1. The SMILES string of the molecule is CC(NC(C)c1ncc[nH]1)c1ccc(N(C)C)cc1. The second kappa shape index (κ2) is 5.89. The molecule has 0 amide bonds. The van der Waals surface area contributed by atoms with Crippen LogP contribution in [0.1, 0.15) is 37.3 Å². The fraction of sp³-hybridized carbons (Fsp3) is 0.400. The zero-order valence-corrected chi connectivity index (χ0v) is 12.0. The second-order valence-electron chi connectivity index (χ2n) is 5.07. The summed E-state index contributed by atoms with van der Waals surface area (Å²) in [7, 11) is 4.10. The summed E-state index contributed by atoms with van der Waals surface area (Å²) in [6, 6.07) is 9.12. The maximum Gasteiger partial charge on any atom is 0.122 e. The van der Waals surface area contributed by atoms with Gasteiger partial charge in [0.15, 0.2) is 0 Å². The Hall–Kier alpha value is -1.81. The maximum atomic E-state index is 4.28. The van der Waals surface area contributed by atoms with Gasteiger partial charge in [0.1, 0.15) is 5.82 Å². The molecule has 19 heavy (non-hydrogen) atoms. The highest BCUT2D eigenvalue weighted by Crippen LogP contribution is 2.20. The number of aromatic amines is 1. The summed E-state index contributed by atoms with van der Waals surface area (Å²) < 4.78 is 0. The van der Waals surface area contributed by atoms with Crippen LogP contribution in [0, 0.1) is 0 Å². The van der Waals surface area contributed by atoms with Crippen LogP contribution in [0.3, 0.4) is 0 Å². The van der Waals surface area contributed by atoms with Crippen molar-refractivity contribution in [1.29, 1.82) is 0 Å². The molecule has 102 valence electrons. The van der Waals surface area contributed by atoms with Gasteiger partial charge in [-0.05, 0) is 31.5 Å². The molecule has 0 aliphatic rings. The lowest BCUT2D eigenvalue weighted by atomic mass is 10.1. The van der Waals surface area contributed by atoms with Gasteiger partial charge in [-0.1, -0.05) is 12.1 Å². The molecule has 0 spiro atoms. The van der Waals surface area contributed by atoms with E-state index in [-0.39, 0.29) is 12.1 Å². The third-order valence-corrected chi connectivity index (χ3v) is 3.34. The third kappa shape index (κ3) is 3.35. The van der Waals surface area contributed by atoms with Gasteiger partial charge in [-0.25, -0.2) is 4.98 Å². The highest BCUT2D eigenvalue weighted by molar-refractivity contribution is 5.46. The molecule has 2 atom stereocenters. The molecule has 2 N–H and O–H groups in total. The van der Waals surface area contributed by atoms with Crippen LogP contribution in [0.2, 0.25) is 0 Å². The first-order chi connectivity index (χ1) is 9.08. The van der Waals surface area contributed by atoms with Crippen LogP contribution in [-0.2, 0) is 0 Å². The predicted molar refractivity (Wildman–Crippen MR) is 79.3 cm³/mol. The van der Waals surface area contributed by atoms with E-state index in [1.165, 1.54) is 11.3 Å². The molecular formula is C15H22N4. The zero-order valence-electron chi connectivity index (χ0n) is 12.0. The quantitative estimate of drug-likeness (QED) is 0.866. The molecule has 2 rings (SSSR count). The maximum absolute atomic E-state index is 4.28. The van der Waals surface area contributed by atoms with E-state index < -0.39 is 0 Å². The van der Waals surface area contributed by atoms with Gasteiger partial charge in [-0.2, -0.15) is 0 Å². The summed E-state index contributed by atoms with van der Waals surface area (Å²) in [5.74, 6) is 0.969. The number of hydrogen-bond acceptors (Lipinski definition) is 3. The Morgan fingerprint density at radius 2 is 1.79 bits per heavy atom. The van der Waals surface area contributed by atoms with Crippen molar-refractivity contribution in [2.24, 2.45) is 0 Å². The van der Waals surface area contributed by atoms with E-state index in [9.17, 15) is 0 Å². The number of rotatable bonds is 5. The van der Waals surface area contributed by atoms with Crippen molar-refractivity contribution in [3.63, 3.8) is 0 Å². The largest absolute Gasteiger partial charge is 0.378 e. The molecular weight excluding hydrogens is 236 g/mol. The van der Waals surface area contributed by atoms with E-state index in [0.29, 0.717) is 0 Å². The Morgan fingerprint density at radius 3 is 2.32 bits per heavy atom. The Bertz CT molecular complexity index is 487. The van der Waals surface area contributed by atoms with Crippen LogP contribution < -0.4 is 10.2 Å². The van der Waals surface area contributed by atoms with Crippen LogP contribution >= 0.6 is 0 Å². The molecule has 0 fully saturated rings. The van der Waals surface area contributed by atoms with Gasteiger partial charge < -0.3 is 15.2 Å². The number of aromatic nitrogens is 2. The standard InChI is InChI=1S/C15H22N4/c1-11(18-12(2)15-16-9-10-17-15)13-5-7-14(8-6-13)19(3)4/h5-12,18H,1-4H3,(H,16,17). The average Bonchev–Trinajstić information content (AvgIpc) is 2.92. The molecule has 1 heterocycles. The molecule has 1 aromatic heterocycles. The first-order valence-corrected chi connectivity index (χ1v) is 6.60. The summed E-state index contributed by atoms with van der Waals surface area (Å²) in [6.07, 6.45) is 3.63. The smallest absolute Gasteiger partial charge is 0.122 e. The van der Waals surface area contributed by atoms with Crippen molar-refractivity contribution in [2.45, 2.75) is 25.9 Å².